The van der Waals surface area contributed by atoms with E-state index in [1.807, 2.05) is 30.3 Å². The second-order valence-electron chi connectivity index (χ2n) is 6.15. The molecule has 1 fully saturated rings. The van der Waals surface area contributed by atoms with E-state index in [0.29, 0.717) is 18.7 Å². The topological polar surface area (TPSA) is 87.7 Å². The van der Waals surface area contributed by atoms with E-state index in [9.17, 15) is 14.4 Å². The molecule has 0 aromatic heterocycles. The average Bonchev–Trinajstić information content (AvgIpc) is 3.00. The highest BCUT2D eigenvalue weighted by atomic mass is 16.5. The SMILES string of the molecule is O=C(CCCN1C(=O)CNC1=O)Nc1ccc(OCc2ccccc2)cc1. The number of rotatable bonds is 8. The third-order valence-corrected chi connectivity index (χ3v) is 4.11. The molecular formula is C20H21N3O4. The van der Waals surface area contributed by atoms with Crippen molar-refractivity contribution in [2.75, 3.05) is 18.4 Å². The van der Waals surface area contributed by atoms with Gasteiger partial charge >= 0.3 is 6.03 Å². The number of carbonyl (C=O) groups excluding carboxylic acids is 3. The minimum Gasteiger partial charge on any atom is -0.489 e. The number of ether oxygens (including phenoxy) is 1. The third kappa shape index (κ3) is 5.31. The Bertz CT molecular complexity index is 790. The molecule has 2 aromatic carbocycles. The van der Waals surface area contributed by atoms with Crippen molar-refractivity contribution in [3.8, 4) is 5.75 Å². The van der Waals surface area contributed by atoms with Crippen molar-refractivity contribution in [2.45, 2.75) is 19.4 Å². The lowest BCUT2D eigenvalue weighted by atomic mass is 10.2. The molecule has 2 N–H and O–H groups in total. The molecule has 1 heterocycles. The molecule has 1 saturated heterocycles. The van der Waals surface area contributed by atoms with Gasteiger partial charge in [-0.25, -0.2) is 4.79 Å². The highest BCUT2D eigenvalue weighted by Crippen LogP contribution is 2.17. The van der Waals surface area contributed by atoms with Crippen LogP contribution in [0.4, 0.5) is 10.5 Å². The van der Waals surface area contributed by atoms with E-state index < -0.39 is 6.03 Å². The van der Waals surface area contributed by atoms with Crippen molar-refractivity contribution in [1.82, 2.24) is 10.2 Å². The molecule has 27 heavy (non-hydrogen) atoms. The maximum absolute atomic E-state index is 12.0. The van der Waals surface area contributed by atoms with Gasteiger partial charge in [-0.2, -0.15) is 0 Å². The Hall–Kier alpha value is -3.35. The second-order valence-corrected chi connectivity index (χ2v) is 6.15. The highest BCUT2D eigenvalue weighted by molar-refractivity contribution is 6.02. The van der Waals surface area contributed by atoms with E-state index in [2.05, 4.69) is 10.6 Å². The Balaban J connectivity index is 1.40. The number of anilines is 1. The molecule has 4 amide bonds. The molecule has 0 radical (unpaired) electrons. The van der Waals surface area contributed by atoms with Gasteiger partial charge in [-0.1, -0.05) is 30.3 Å². The van der Waals surface area contributed by atoms with Gasteiger partial charge in [-0.05, 0) is 36.2 Å². The van der Waals surface area contributed by atoms with Crippen molar-refractivity contribution >= 4 is 23.5 Å². The fourth-order valence-corrected chi connectivity index (χ4v) is 2.68. The summed E-state index contributed by atoms with van der Waals surface area (Å²) in [6, 6.07) is 16.6. The van der Waals surface area contributed by atoms with E-state index >= 15 is 0 Å². The fraction of sp³-hybridized carbons (Fsp3) is 0.250. The van der Waals surface area contributed by atoms with Gasteiger partial charge in [0.25, 0.3) is 0 Å². The van der Waals surface area contributed by atoms with Crippen LogP contribution in [-0.4, -0.2) is 35.8 Å². The number of hydrogen-bond acceptors (Lipinski definition) is 4. The number of urea groups is 1. The molecule has 0 saturated carbocycles. The lowest BCUT2D eigenvalue weighted by Crippen LogP contribution is -2.32. The van der Waals surface area contributed by atoms with Crippen LogP contribution in [0.2, 0.25) is 0 Å². The summed E-state index contributed by atoms with van der Waals surface area (Å²) in [5, 5.41) is 5.24. The predicted octanol–water partition coefficient (Wildman–Crippen LogP) is 2.54. The molecule has 2 aromatic rings. The third-order valence-electron chi connectivity index (χ3n) is 4.11. The molecule has 1 aliphatic heterocycles. The summed E-state index contributed by atoms with van der Waals surface area (Å²) < 4.78 is 5.71. The first kappa shape index (κ1) is 18.4. The average molecular weight is 367 g/mol. The molecule has 7 heteroatoms. The number of hydrogen-bond donors (Lipinski definition) is 2. The van der Waals surface area contributed by atoms with E-state index in [0.717, 1.165) is 16.2 Å². The molecule has 0 aliphatic carbocycles. The lowest BCUT2D eigenvalue weighted by Gasteiger charge is -2.12. The standard InChI is InChI=1S/C20H21N3O4/c24-18(7-4-12-23-19(25)13-21-20(23)26)22-16-8-10-17(11-9-16)27-14-15-5-2-1-3-6-15/h1-3,5-6,8-11H,4,7,12-14H2,(H,21,26)(H,22,24). The lowest BCUT2D eigenvalue weighted by molar-refractivity contribution is -0.125. The number of amides is 4. The molecule has 7 nitrogen and oxygen atoms in total. The van der Waals surface area contributed by atoms with Crippen LogP contribution in [-0.2, 0) is 16.2 Å². The summed E-state index contributed by atoms with van der Waals surface area (Å²) in [4.78, 5) is 36.0. The quantitative estimate of drug-likeness (QED) is 0.702. The Morgan fingerprint density at radius 1 is 1.07 bits per heavy atom. The summed E-state index contributed by atoms with van der Waals surface area (Å²) in [7, 11) is 0. The van der Waals surface area contributed by atoms with Gasteiger partial charge in [0.2, 0.25) is 11.8 Å². The minimum absolute atomic E-state index is 0.0315. The van der Waals surface area contributed by atoms with Crippen LogP contribution < -0.4 is 15.4 Å². The van der Waals surface area contributed by atoms with Crippen LogP contribution in [0.25, 0.3) is 0 Å². The Morgan fingerprint density at radius 3 is 2.48 bits per heavy atom. The van der Waals surface area contributed by atoms with Crippen molar-refractivity contribution in [2.24, 2.45) is 0 Å². The maximum Gasteiger partial charge on any atom is 0.324 e. The van der Waals surface area contributed by atoms with Crippen LogP contribution >= 0.6 is 0 Å². The van der Waals surface area contributed by atoms with Crippen molar-refractivity contribution in [3.63, 3.8) is 0 Å². The van der Waals surface area contributed by atoms with E-state index in [4.69, 9.17) is 4.74 Å². The number of imide groups is 1. The number of nitrogens with zero attached hydrogens (tertiary/aromatic N) is 1. The normalized spacial score (nSPS) is 13.4. The fourth-order valence-electron chi connectivity index (χ4n) is 2.68. The molecule has 0 bridgehead atoms. The van der Waals surface area contributed by atoms with Gasteiger partial charge in [-0.3, -0.25) is 14.5 Å². The Labute approximate surface area is 157 Å². The van der Waals surface area contributed by atoms with Crippen molar-refractivity contribution < 1.29 is 19.1 Å². The zero-order valence-electron chi connectivity index (χ0n) is 14.8. The van der Waals surface area contributed by atoms with Gasteiger partial charge in [-0.15, -0.1) is 0 Å². The van der Waals surface area contributed by atoms with Crippen LogP contribution in [0.1, 0.15) is 18.4 Å². The molecule has 1 aliphatic rings. The summed E-state index contributed by atoms with van der Waals surface area (Å²) in [6.45, 7) is 0.753. The smallest absolute Gasteiger partial charge is 0.324 e. The van der Waals surface area contributed by atoms with Gasteiger partial charge in [0, 0.05) is 18.7 Å². The van der Waals surface area contributed by atoms with E-state index in [-0.39, 0.29) is 31.3 Å². The van der Waals surface area contributed by atoms with Crippen LogP contribution in [0, 0.1) is 0 Å². The first-order valence-corrected chi connectivity index (χ1v) is 8.76. The molecule has 0 atom stereocenters. The highest BCUT2D eigenvalue weighted by Gasteiger charge is 2.27. The first-order valence-electron chi connectivity index (χ1n) is 8.76. The van der Waals surface area contributed by atoms with Crippen molar-refractivity contribution in [3.05, 3.63) is 60.2 Å². The number of benzene rings is 2. The number of nitrogens with one attached hydrogen (secondary N) is 2. The zero-order valence-corrected chi connectivity index (χ0v) is 14.8. The molecule has 0 unspecified atom stereocenters. The van der Waals surface area contributed by atoms with Gasteiger partial charge in [0.15, 0.2) is 0 Å². The van der Waals surface area contributed by atoms with Crippen LogP contribution in [0.5, 0.6) is 5.75 Å². The summed E-state index contributed by atoms with van der Waals surface area (Å²) in [6.07, 6.45) is 0.645. The predicted molar refractivity (Wildman–Crippen MR) is 100 cm³/mol. The Morgan fingerprint density at radius 2 is 1.81 bits per heavy atom. The minimum atomic E-state index is -0.397. The maximum atomic E-state index is 12.0. The molecule has 140 valence electrons. The van der Waals surface area contributed by atoms with E-state index in [1.165, 1.54) is 0 Å². The second kappa shape index (κ2) is 8.84. The Kier molecular flexibility index (Phi) is 6.04. The van der Waals surface area contributed by atoms with E-state index in [1.54, 1.807) is 24.3 Å². The molecule has 0 spiro atoms. The van der Waals surface area contributed by atoms with Gasteiger partial charge in [0.1, 0.15) is 12.4 Å². The summed E-state index contributed by atoms with van der Waals surface area (Å²) in [5.41, 5.74) is 1.75. The largest absolute Gasteiger partial charge is 0.489 e. The molecular weight excluding hydrogens is 346 g/mol. The number of carbonyl (C=O) groups is 3. The van der Waals surface area contributed by atoms with Crippen LogP contribution in [0.3, 0.4) is 0 Å². The van der Waals surface area contributed by atoms with Crippen LogP contribution in [0.15, 0.2) is 54.6 Å². The van der Waals surface area contributed by atoms with Gasteiger partial charge in [0.05, 0.1) is 6.54 Å². The van der Waals surface area contributed by atoms with Crippen molar-refractivity contribution in [1.29, 1.82) is 0 Å². The van der Waals surface area contributed by atoms with Gasteiger partial charge < -0.3 is 15.4 Å². The monoisotopic (exact) mass is 367 g/mol. The summed E-state index contributed by atoms with van der Waals surface area (Å²) in [5.74, 6) is 0.293. The summed E-state index contributed by atoms with van der Waals surface area (Å²) >= 11 is 0. The molecule has 3 rings (SSSR count). The first-order chi connectivity index (χ1) is 13.1. The zero-order chi connectivity index (χ0) is 19.1.